The van der Waals surface area contributed by atoms with E-state index in [0.717, 1.165) is 71.2 Å². The smallest absolute Gasteiger partial charge is 0.154 e. The fourth-order valence-electron chi connectivity index (χ4n) is 6.25. The van der Waals surface area contributed by atoms with E-state index < -0.39 is 0 Å². The van der Waals surface area contributed by atoms with E-state index in [-0.39, 0.29) is 6.04 Å². The van der Waals surface area contributed by atoms with Crippen LogP contribution in [0.2, 0.25) is 0 Å². The summed E-state index contributed by atoms with van der Waals surface area (Å²) in [6, 6.07) is 18.4. The second-order valence-corrected chi connectivity index (χ2v) is 11.9. The molecule has 2 atom stereocenters. The minimum Gasteiger partial charge on any atom is -0.389 e. The normalized spacial score (nSPS) is 17.2. The van der Waals surface area contributed by atoms with Crippen molar-refractivity contribution in [3.63, 3.8) is 0 Å². The predicted octanol–water partition coefficient (Wildman–Crippen LogP) is 7.03. The standard InChI is InChI=1S/C37H46N6/c1-6-33(25-43(24-31-16-10-11-17-31)29(5)37-41-34-18-12-13-19-35(34)42-37)40-36(22-32-20-21-38-28(32)4)26(2)27(3)39-23-30-14-8-7-9-15-30/h7-9,12-15,18-19,31-32,36,38-40H,1-5,10-11,16-17,20-25H2,(H,41,42). The van der Waals surface area contributed by atoms with E-state index in [1.54, 1.807) is 0 Å². The first-order valence-electron chi connectivity index (χ1n) is 15.5. The van der Waals surface area contributed by atoms with Crippen LogP contribution in [0.15, 0.2) is 116 Å². The molecule has 2 aliphatic rings. The van der Waals surface area contributed by atoms with Crippen molar-refractivity contribution < 1.29 is 0 Å². The molecule has 4 N–H and O–H groups in total. The van der Waals surface area contributed by atoms with Crippen LogP contribution in [-0.4, -0.2) is 40.5 Å². The van der Waals surface area contributed by atoms with Gasteiger partial charge in [-0.15, -0.1) is 5.73 Å². The number of hydrogen-bond donors (Lipinski definition) is 4. The molecule has 1 aromatic heterocycles. The van der Waals surface area contributed by atoms with E-state index in [9.17, 15) is 0 Å². The Bertz CT molecular complexity index is 1470. The molecule has 0 radical (unpaired) electrons. The van der Waals surface area contributed by atoms with E-state index in [0.29, 0.717) is 24.9 Å². The molecular formula is C37H46N6. The van der Waals surface area contributed by atoms with E-state index >= 15 is 0 Å². The summed E-state index contributed by atoms with van der Waals surface area (Å²) in [6.07, 6.45) is 6.98. The Hall–Kier alpha value is -4.41. The Balaban J connectivity index is 1.33. The molecule has 2 unspecified atom stereocenters. The molecule has 6 nitrogen and oxygen atoms in total. The van der Waals surface area contributed by atoms with Crippen LogP contribution in [-0.2, 0) is 6.54 Å². The van der Waals surface area contributed by atoms with Crippen LogP contribution in [0.25, 0.3) is 16.7 Å². The molecule has 6 heteroatoms. The quantitative estimate of drug-likeness (QED) is 0.116. The van der Waals surface area contributed by atoms with Crippen LogP contribution in [0.4, 0.5) is 0 Å². The maximum Gasteiger partial charge on any atom is 0.154 e. The lowest BCUT2D eigenvalue weighted by Gasteiger charge is -2.32. The molecule has 224 valence electrons. The monoisotopic (exact) mass is 574 g/mol. The highest BCUT2D eigenvalue weighted by atomic mass is 15.2. The number of H-pyrrole nitrogens is 1. The Labute approximate surface area is 257 Å². The summed E-state index contributed by atoms with van der Waals surface area (Å²) in [6.45, 7) is 24.9. The number of hydrogen-bond acceptors (Lipinski definition) is 5. The topological polar surface area (TPSA) is 68.0 Å². The summed E-state index contributed by atoms with van der Waals surface area (Å²) in [5.74, 6) is 1.78. The van der Waals surface area contributed by atoms with Gasteiger partial charge in [-0.05, 0) is 54.9 Å². The summed E-state index contributed by atoms with van der Waals surface area (Å²) >= 11 is 0. The number of allylic oxidation sites excluding steroid dienone is 1. The fourth-order valence-corrected chi connectivity index (χ4v) is 6.25. The zero-order chi connectivity index (χ0) is 30.2. The first-order chi connectivity index (χ1) is 20.9. The summed E-state index contributed by atoms with van der Waals surface area (Å²) in [5.41, 5.74) is 11.0. The van der Waals surface area contributed by atoms with E-state index in [1.165, 1.54) is 31.2 Å². The third-order valence-corrected chi connectivity index (χ3v) is 8.92. The molecule has 0 bridgehead atoms. The lowest BCUT2D eigenvalue weighted by Crippen LogP contribution is -2.39. The summed E-state index contributed by atoms with van der Waals surface area (Å²) < 4.78 is 0. The highest BCUT2D eigenvalue weighted by Crippen LogP contribution is 2.30. The molecule has 2 fully saturated rings. The number of aromatic amines is 1. The summed E-state index contributed by atoms with van der Waals surface area (Å²) in [4.78, 5) is 10.7. The summed E-state index contributed by atoms with van der Waals surface area (Å²) in [7, 11) is 0. The highest BCUT2D eigenvalue weighted by Gasteiger charge is 2.27. The van der Waals surface area contributed by atoms with Gasteiger partial charge in [-0.2, -0.15) is 0 Å². The molecule has 0 spiro atoms. The average Bonchev–Trinajstić information content (AvgIpc) is 3.80. The molecule has 43 heavy (non-hydrogen) atoms. The lowest BCUT2D eigenvalue weighted by molar-refractivity contribution is 0.334. The van der Waals surface area contributed by atoms with Crippen LogP contribution >= 0.6 is 0 Å². The zero-order valence-corrected chi connectivity index (χ0v) is 25.4. The highest BCUT2D eigenvalue weighted by molar-refractivity contribution is 5.78. The molecule has 1 aliphatic carbocycles. The van der Waals surface area contributed by atoms with E-state index in [1.807, 2.05) is 24.3 Å². The average molecular weight is 575 g/mol. The molecule has 1 aliphatic heterocycles. The predicted molar refractivity (Wildman–Crippen MR) is 180 cm³/mol. The van der Waals surface area contributed by atoms with Crippen molar-refractivity contribution in [1.82, 2.24) is 30.8 Å². The first-order valence-corrected chi connectivity index (χ1v) is 15.5. The minimum absolute atomic E-state index is 0.0607. The Morgan fingerprint density at radius 1 is 1.02 bits per heavy atom. The number of nitrogens with zero attached hydrogens (tertiary/aromatic N) is 2. The maximum atomic E-state index is 4.86. The third-order valence-electron chi connectivity index (χ3n) is 8.92. The van der Waals surface area contributed by atoms with Crippen molar-refractivity contribution in [1.29, 1.82) is 0 Å². The van der Waals surface area contributed by atoms with E-state index in [2.05, 4.69) is 94.8 Å². The zero-order valence-electron chi connectivity index (χ0n) is 25.4. The third kappa shape index (κ3) is 7.71. The van der Waals surface area contributed by atoms with Gasteiger partial charge in [0.1, 0.15) is 0 Å². The second kappa shape index (κ2) is 14.2. The Morgan fingerprint density at radius 3 is 2.47 bits per heavy atom. The summed E-state index contributed by atoms with van der Waals surface area (Å²) in [5, 5.41) is 10.7. The fraction of sp³-hybridized carbons (Fsp3) is 0.351. The Kier molecular flexibility index (Phi) is 9.91. The van der Waals surface area contributed by atoms with Crippen molar-refractivity contribution in [2.24, 2.45) is 11.8 Å². The molecule has 3 aromatic rings. The number of aromatic nitrogens is 2. The van der Waals surface area contributed by atoms with Gasteiger partial charge in [-0.1, -0.05) is 88.2 Å². The number of fused-ring (bicyclic) bond motifs is 1. The van der Waals surface area contributed by atoms with Gasteiger partial charge in [-0.3, -0.25) is 0 Å². The van der Waals surface area contributed by atoms with Crippen molar-refractivity contribution in [2.45, 2.75) is 51.1 Å². The SMILES string of the molecule is C=C=C(CN(CC1CCCC1)C(=C)c1nc2ccccc2[nH]1)NC(CC1CCNC1=C)C(=C)C(=C)NCc1ccccc1. The first kappa shape index (κ1) is 30.1. The van der Waals surface area contributed by atoms with Crippen LogP contribution < -0.4 is 16.0 Å². The van der Waals surface area contributed by atoms with Gasteiger partial charge in [0.15, 0.2) is 5.82 Å². The van der Waals surface area contributed by atoms with Crippen molar-refractivity contribution in [3.05, 3.63) is 127 Å². The van der Waals surface area contributed by atoms with Crippen molar-refractivity contribution >= 4 is 16.7 Å². The number of nitrogens with one attached hydrogen (secondary N) is 4. The van der Waals surface area contributed by atoms with Crippen molar-refractivity contribution in [3.8, 4) is 0 Å². The van der Waals surface area contributed by atoms with Crippen LogP contribution in [0.1, 0.15) is 49.9 Å². The molecule has 2 heterocycles. The van der Waals surface area contributed by atoms with E-state index in [4.69, 9.17) is 4.98 Å². The van der Waals surface area contributed by atoms with Gasteiger partial charge in [0.25, 0.3) is 0 Å². The van der Waals surface area contributed by atoms with Gasteiger partial charge >= 0.3 is 0 Å². The number of para-hydroxylation sites is 2. The van der Waals surface area contributed by atoms with Gasteiger partial charge in [0, 0.05) is 36.9 Å². The van der Waals surface area contributed by atoms with Gasteiger partial charge in [0.05, 0.1) is 35.0 Å². The number of imidazole rings is 1. The molecular weight excluding hydrogens is 528 g/mol. The number of benzene rings is 2. The van der Waals surface area contributed by atoms with Crippen LogP contribution in [0.5, 0.6) is 0 Å². The molecule has 5 rings (SSSR count). The van der Waals surface area contributed by atoms with Crippen LogP contribution in [0, 0.1) is 11.8 Å². The van der Waals surface area contributed by atoms with Crippen molar-refractivity contribution in [2.75, 3.05) is 19.6 Å². The Morgan fingerprint density at radius 2 is 1.77 bits per heavy atom. The molecule has 1 saturated carbocycles. The maximum absolute atomic E-state index is 4.86. The minimum atomic E-state index is -0.0607. The van der Waals surface area contributed by atoms with Gasteiger partial charge < -0.3 is 25.8 Å². The second-order valence-electron chi connectivity index (χ2n) is 11.9. The molecule has 1 saturated heterocycles. The molecule has 2 aromatic carbocycles. The number of rotatable bonds is 15. The van der Waals surface area contributed by atoms with Crippen LogP contribution in [0.3, 0.4) is 0 Å². The largest absolute Gasteiger partial charge is 0.389 e. The van der Waals surface area contributed by atoms with Gasteiger partial charge in [0.2, 0.25) is 0 Å². The lowest BCUT2D eigenvalue weighted by atomic mass is 9.91. The van der Waals surface area contributed by atoms with Gasteiger partial charge in [-0.25, -0.2) is 4.98 Å². The molecule has 0 amide bonds.